The molecule has 0 spiro atoms. The summed E-state index contributed by atoms with van der Waals surface area (Å²) in [5.41, 5.74) is 2.91. The van der Waals surface area contributed by atoms with E-state index in [-0.39, 0.29) is 17.9 Å². The molecule has 29 heavy (non-hydrogen) atoms. The van der Waals surface area contributed by atoms with Crippen molar-refractivity contribution in [3.05, 3.63) is 35.9 Å². The number of benzene rings is 1. The van der Waals surface area contributed by atoms with Crippen molar-refractivity contribution in [2.24, 2.45) is 11.8 Å². The number of rotatable bonds is 7. The number of carbonyl (C=O) groups excluding carboxylic acids is 1. The van der Waals surface area contributed by atoms with Crippen LogP contribution in [0.5, 0.6) is 0 Å². The standard InChI is InChI=1S/C24H35N3O2/c1-6-19(5)27(23(28)17(2)3)16-21-22(20-10-8-7-9-11-20)25-29-24(21)26-14-12-18(4)13-15-26/h7-11,17-19H,6,12-16H2,1-5H3. The van der Waals surface area contributed by atoms with E-state index in [0.29, 0.717) is 6.54 Å². The highest BCUT2D eigenvalue weighted by Gasteiger charge is 2.30. The lowest BCUT2D eigenvalue weighted by Gasteiger charge is -2.33. The van der Waals surface area contributed by atoms with Crippen LogP contribution in [0.25, 0.3) is 11.3 Å². The van der Waals surface area contributed by atoms with Crippen LogP contribution in [0, 0.1) is 11.8 Å². The number of piperidine rings is 1. The van der Waals surface area contributed by atoms with Crippen LogP contribution in [0.3, 0.4) is 0 Å². The van der Waals surface area contributed by atoms with Crippen molar-refractivity contribution in [3.63, 3.8) is 0 Å². The molecule has 5 heteroatoms. The van der Waals surface area contributed by atoms with E-state index in [4.69, 9.17) is 4.52 Å². The molecule has 0 bridgehead atoms. The first-order valence-electron chi connectivity index (χ1n) is 11.0. The molecule has 1 unspecified atom stereocenters. The fraction of sp³-hybridized carbons (Fsp3) is 0.583. The van der Waals surface area contributed by atoms with Crippen molar-refractivity contribution in [2.75, 3.05) is 18.0 Å². The lowest BCUT2D eigenvalue weighted by atomic mass is 9.98. The van der Waals surface area contributed by atoms with Crippen molar-refractivity contribution in [3.8, 4) is 11.3 Å². The van der Waals surface area contributed by atoms with Gasteiger partial charge in [0.05, 0.1) is 12.1 Å². The zero-order chi connectivity index (χ0) is 21.0. The molecule has 1 atom stereocenters. The molecule has 1 aromatic heterocycles. The second-order valence-corrected chi connectivity index (χ2v) is 8.73. The number of carbonyl (C=O) groups is 1. The summed E-state index contributed by atoms with van der Waals surface area (Å²) in [6.07, 6.45) is 3.22. The zero-order valence-electron chi connectivity index (χ0n) is 18.5. The van der Waals surface area contributed by atoms with E-state index in [0.717, 1.165) is 61.0 Å². The van der Waals surface area contributed by atoms with Gasteiger partial charge in [-0.1, -0.05) is 63.2 Å². The van der Waals surface area contributed by atoms with Crippen molar-refractivity contribution in [2.45, 2.75) is 66.5 Å². The highest BCUT2D eigenvalue weighted by atomic mass is 16.5. The Hall–Kier alpha value is -2.30. The predicted octanol–water partition coefficient (Wildman–Crippen LogP) is 5.36. The van der Waals surface area contributed by atoms with E-state index in [1.54, 1.807) is 0 Å². The van der Waals surface area contributed by atoms with Gasteiger partial charge in [0.15, 0.2) is 0 Å². The normalized spacial score (nSPS) is 16.3. The molecule has 1 aliphatic heterocycles. The molecule has 1 aromatic carbocycles. The van der Waals surface area contributed by atoms with Crippen LogP contribution in [-0.2, 0) is 11.3 Å². The van der Waals surface area contributed by atoms with E-state index in [9.17, 15) is 4.79 Å². The predicted molar refractivity (Wildman–Crippen MR) is 118 cm³/mol. The van der Waals surface area contributed by atoms with Crippen molar-refractivity contribution < 1.29 is 9.32 Å². The quantitative estimate of drug-likeness (QED) is 0.631. The molecule has 5 nitrogen and oxygen atoms in total. The molecule has 1 aliphatic rings. The Balaban J connectivity index is 2.01. The number of hydrogen-bond acceptors (Lipinski definition) is 4. The molecule has 0 aliphatic carbocycles. The number of nitrogens with zero attached hydrogens (tertiary/aromatic N) is 3. The average Bonchev–Trinajstić information content (AvgIpc) is 3.15. The summed E-state index contributed by atoms with van der Waals surface area (Å²) in [6.45, 7) is 13.0. The molecule has 2 heterocycles. The summed E-state index contributed by atoms with van der Waals surface area (Å²) in [4.78, 5) is 17.3. The number of anilines is 1. The fourth-order valence-electron chi connectivity index (χ4n) is 3.90. The zero-order valence-corrected chi connectivity index (χ0v) is 18.5. The first-order valence-corrected chi connectivity index (χ1v) is 11.0. The van der Waals surface area contributed by atoms with E-state index >= 15 is 0 Å². The van der Waals surface area contributed by atoms with Crippen molar-refractivity contribution in [1.82, 2.24) is 10.1 Å². The molecule has 158 valence electrons. The van der Waals surface area contributed by atoms with Gasteiger partial charge in [-0.3, -0.25) is 4.79 Å². The molecule has 0 radical (unpaired) electrons. The second-order valence-electron chi connectivity index (χ2n) is 8.73. The van der Waals surface area contributed by atoms with Crippen LogP contribution in [0.1, 0.15) is 59.4 Å². The highest BCUT2D eigenvalue weighted by Crippen LogP contribution is 2.35. The maximum absolute atomic E-state index is 13.0. The van der Waals surface area contributed by atoms with Gasteiger partial charge >= 0.3 is 0 Å². The molecular formula is C24H35N3O2. The van der Waals surface area contributed by atoms with E-state index in [1.807, 2.05) is 36.9 Å². The van der Waals surface area contributed by atoms with Crippen molar-refractivity contribution >= 4 is 11.8 Å². The van der Waals surface area contributed by atoms with Crippen LogP contribution in [-0.4, -0.2) is 35.1 Å². The van der Waals surface area contributed by atoms with Gasteiger partial charge in [0, 0.05) is 30.6 Å². The molecule has 1 fully saturated rings. The molecule has 2 aromatic rings. The third-order valence-corrected chi connectivity index (χ3v) is 6.11. The monoisotopic (exact) mass is 397 g/mol. The molecule has 0 N–H and O–H groups in total. The van der Waals surface area contributed by atoms with Crippen molar-refractivity contribution in [1.29, 1.82) is 0 Å². The van der Waals surface area contributed by atoms with E-state index in [2.05, 4.69) is 43.0 Å². The molecule has 0 saturated carbocycles. The summed E-state index contributed by atoms with van der Waals surface area (Å²) in [5, 5.41) is 4.47. The fourth-order valence-corrected chi connectivity index (χ4v) is 3.90. The Morgan fingerprint density at radius 3 is 2.45 bits per heavy atom. The Morgan fingerprint density at radius 1 is 1.21 bits per heavy atom. The average molecular weight is 398 g/mol. The van der Waals surface area contributed by atoms with Gasteiger partial charge in [0.2, 0.25) is 11.8 Å². The van der Waals surface area contributed by atoms with Crippen LogP contribution in [0.15, 0.2) is 34.9 Å². The minimum absolute atomic E-state index is 0.0386. The molecule has 1 saturated heterocycles. The first kappa shape index (κ1) is 21.4. The second kappa shape index (κ2) is 9.47. The topological polar surface area (TPSA) is 49.6 Å². The van der Waals surface area contributed by atoms with Gasteiger partial charge in [0.1, 0.15) is 5.69 Å². The van der Waals surface area contributed by atoms with Gasteiger partial charge in [-0.15, -0.1) is 0 Å². The summed E-state index contributed by atoms with van der Waals surface area (Å²) in [7, 11) is 0. The maximum atomic E-state index is 13.0. The molecule has 1 amide bonds. The maximum Gasteiger partial charge on any atom is 0.232 e. The van der Waals surface area contributed by atoms with Gasteiger partial charge in [-0.25, -0.2) is 0 Å². The Labute approximate surface area is 175 Å². The molecular weight excluding hydrogens is 362 g/mol. The SMILES string of the molecule is CCC(C)N(Cc1c(-c2ccccc2)noc1N1CCC(C)CC1)C(=O)C(C)C. The van der Waals surface area contributed by atoms with Gasteiger partial charge < -0.3 is 14.3 Å². The third-order valence-electron chi connectivity index (χ3n) is 6.11. The highest BCUT2D eigenvalue weighted by molar-refractivity contribution is 5.79. The summed E-state index contributed by atoms with van der Waals surface area (Å²) < 4.78 is 5.92. The summed E-state index contributed by atoms with van der Waals surface area (Å²) in [5.74, 6) is 1.71. The lowest BCUT2D eigenvalue weighted by Crippen LogP contribution is -2.41. The smallest absolute Gasteiger partial charge is 0.232 e. The molecule has 3 rings (SSSR count). The first-order chi connectivity index (χ1) is 13.9. The minimum Gasteiger partial charge on any atom is -0.340 e. The Kier molecular flexibility index (Phi) is 6.99. The summed E-state index contributed by atoms with van der Waals surface area (Å²) in [6, 6.07) is 10.3. The van der Waals surface area contributed by atoms with Gasteiger partial charge in [-0.2, -0.15) is 0 Å². The third kappa shape index (κ3) is 4.82. The number of amides is 1. The largest absolute Gasteiger partial charge is 0.340 e. The van der Waals surface area contributed by atoms with Gasteiger partial charge in [-0.05, 0) is 32.1 Å². The summed E-state index contributed by atoms with van der Waals surface area (Å²) >= 11 is 0. The van der Waals surface area contributed by atoms with Crippen LogP contribution in [0.2, 0.25) is 0 Å². The van der Waals surface area contributed by atoms with Crippen LogP contribution >= 0.6 is 0 Å². The lowest BCUT2D eigenvalue weighted by molar-refractivity contribution is -0.137. The number of aromatic nitrogens is 1. The van der Waals surface area contributed by atoms with Gasteiger partial charge in [0.25, 0.3) is 0 Å². The van der Waals surface area contributed by atoms with E-state index < -0.39 is 0 Å². The Morgan fingerprint density at radius 2 is 1.86 bits per heavy atom. The van der Waals surface area contributed by atoms with Crippen LogP contribution in [0.4, 0.5) is 5.88 Å². The minimum atomic E-state index is -0.0386. The number of hydrogen-bond donors (Lipinski definition) is 0. The van der Waals surface area contributed by atoms with Crippen LogP contribution < -0.4 is 4.90 Å². The van der Waals surface area contributed by atoms with E-state index in [1.165, 1.54) is 0 Å². The Bertz CT molecular complexity index is 792.